The van der Waals surface area contributed by atoms with Crippen LogP contribution in [-0.2, 0) is 19.1 Å². The van der Waals surface area contributed by atoms with Crippen molar-refractivity contribution in [3.05, 3.63) is 29.8 Å². The number of anilines is 1. The van der Waals surface area contributed by atoms with Crippen LogP contribution in [0.4, 0.5) is 5.69 Å². The molecule has 0 aliphatic carbocycles. The fraction of sp³-hybridized carbons (Fsp3) is 0.556. The number of hydrogen-bond donors (Lipinski definition) is 2. The Morgan fingerprint density at radius 1 is 1.21 bits per heavy atom. The molecular formula is C18H26N2O4. The lowest BCUT2D eigenvalue weighted by Gasteiger charge is -2.11. The Bertz CT molecular complexity index is 536. The number of amides is 2. The van der Waals surface area contributed by atoms with E-state index in [0.29, 0.717) is 12.5 Å². The van der Waals surface area contributed by atoms with Crippen LogP contribution in [0, 0.1) is 0 Å². The van der Waals surface area contributed by atoms with Crippen LogP contribution < -0.4 is 10.6 Å². The maximum absolute atomic E-state index is 11.8. The van der Waals surface area contributed by atoms with Gasteiger partial charge in [-0.3, -0.25) is 9.59 Å². The molecule has 1 fully saturated rings. The summed E-state index contributed by atoms with van der Waals surface area (Å²) in [6.45, 7) is 5.20. The lowest BCUT2D eigenvalue weighted by molar-refractivity contribution is -0.129. The van der Waals surface area contributed by atoms with Gasteiger partial charge < -0.3 is 20.1 Å². The standard InChI is InChI=1S/C18H26N2O4/c1-13(2)14-5-7-15(8-6-14)20-18(22)12-23-11-17(21)19-10-16-4-3-9-24-16/h5-8,13,16H,3-4,9-12H2,1-2H3,(H,19,21)(H,20,22)/t16-/m1/s1. The zero-order chi connectivity index (χ0) is 17.4. The Hall–Kier alpha value is -1.92. The molecule has 6 heteroatoms. The largest absolute Gasteiger partial charge is 0.376 e. The SMILES string of the molecule is CC(C)c1ccc(NC(=O)COCC(=O)NC[C@H]2CCCO2)cc1. The number of ether oxygens (including phenoxy) is 2. The molecule has 2 amide bonds. The second-order valence-electron chi connectivity index (χ2n) is 6.26. The summed E-state index contributed by atoms with van der Waals surface area (Å²) in [5, 5.41) is 5.49. The van der Waals surface area contributed by atoms with Crippen molar-refractivity contribution in [3.8, 4) is 0 Å². The molecular weight excluding hydrogens is 308 g/mol. The van der Waals surface area contributed by atoms with E-state index in [-0.39, 0.29) is 31.1 Å². The molecule has 0 saturated carbocycles. The number of carbonyl (C=O) groups excluding carboxylic acids is 2. The lowest BCUT2D eigenvalue weighted by atomic mass is 10.0. The van der Waals surface area contributed by atoms with Crippen molar-refractivity contribution in [1.82, 2.24) is 5.32 Å². The summed E-state index contributed by atoms with van der Waals surface area (Å²) in [6, 6.07) is 7.70. The average Bonchev–Trinajstić information content (AvgIpc) is 3.07. The highest BCUT2D eigenvalue weighted by Crippen LogP contribution is 2.17. The smallest absolute Gasteiger partial charge is 0.250 e. The van der Waals surface area contributed by atoms with E-state index in [4.69, 9.17) is 9.47 Å². The van der Waals surface area contributed by atoms with Gasteiger partial charge in [0.15, 0.2) is 0 Å². The molecule has 1 heterocycles. The maximum Gasteiger partial charge on any atom is 0.250 e. The van der Waals surface area contributed by atoms with Gasteiger partial charge in [-0.2, -0.15) is 0 Å². The summed E-state index contributed by atoms with van der Waals surface area (Å²) < 4.78 is 10.6. The topological polar surface area (TPSA) is 76.7 Å². The summed E-state index contributed by atoms with van der Waals surface area (Å²) in [4.78, 5) is 23.4. The van der Waals surface area contributed by atoms with Crippen LogP contribution in [0.15, 0.2) is 24.3 Å². The van der Waals surface area contributed by atoms with E-state index < -0.39 is 0 Å². The van der Waals surface area contributed by atoms with Gasteiger partial charge in [0.2, 0.25) is 11.8 Å². The Morgan fingerprint density at radius 2 is 1.92 bits per heavy atom. The molecule has 24 heavy (non-hydrogen) atoms. The van der Waals surface area contributed by atoms with E-state index in [0.717, 1.165) is 25.1 Å². The van der Waals surface area contributed by atoms with Gasteiger partial charge in [-0.1, -0.05) is 26.0 Å². The summed E-state index contributed by atoms with van der Waals surface area (Å²) >= 11 is 0. The van der Waals surface area contributed by atoms with Gasteiger partial charge in [-0.05, 0) is 36.5 Å². The highest BCUT2D eigenvalue weighted by Gasteiger charge is 2.16. The van der Waals surface area contributed by atoms with Crippen LogP contribution in [0.3, 0.4) is 0 Å². The molecule has 132 valence electrons. The fourth-order valence-electron chi connectivity index (χ4n) is 2.47. The van der Waals surface area contributed by atoms with Crippen molar-refractivity contribution < 1.29 is 19.1 Å². The maximum atomic E-state index is 11.8. The van der Waals surface area contributed by atoms with E-state index >= 15 is 0 Å². The third-order valence-corrected chi connectivity index (χ3v) is 3.88. The predicted molar refractivity (Wildman–Crippen MR) is 92.0 cm³/mol. The van der Waals surface area contributed by atoms with E-state index in [1.807, 2.05) is 24.3 Å². The Kier molecular flexibility index (Phi) is 7.21. The van der Waals surface area contributed by atoms with E-state index in [2.05, 4.69) is 24.5 Å². The predicted octanol–water partition coefficient (Wildman–Crippen LogP) is 2.06. The van der Waals surface area contributed by atoms with Gasteiger partial charge in [-0.25, -0.2) is 0 Å². The molecule has 0 spiro atoms. The zero-order valence-electron chi connectivity index (χ0n) is 14.3. The lowest BCUT2D eigenvalue weighted by Crippen LogP contribution is -2.35. The van der Waals surface area contributed by atoms with Crippen LogP contribution in [-0.4, -0.2) is 44.3 Å². The molecule has 6 nitrogen and oxygen atoms in total. The van der Waals surface area contributed by atoms with Crippen molar-refractivity contribution in [2.75, 3.05) is 31.7 Å². The van der Waals surface area contributed by atoms with Gasteiger partial charge >= 0.3 is 0 Å². The number of rotatable bonds is 8. The highest BCUT2D eigenvalue weighted by molar-refractivity contribution is 5.91. The molecule has 1 aliphatic rings. The first-order chi connectivity index (χ1) is 11.5. The number of nitrogens with one attached hydrogen (secondary N) is 2. The van der Waals surface area contributed by atoms with Gasteiger partial charge in [0, 0.05) is 18.8 Å². The van der Waals surface area contributed by atoms with Crippen molar-refractivity contribution in [2.24, 2.45) is 0 Å². The minimum Gasteiger partial charge on any atom is -0.376 e. The summed E-state index contributed by atoms with van der Waals surface area (Å²) in [5.74, 6) is -0.0648. The molecule has 2 N–H and O–H groups in total. The third-order valence-electron chi connectivity index (χ3n) is 3.88. The van der Waals surface area contributed by atoms with E-state index in [9.17, 15) is 9.59 Å². The van der Waals surface area contributed by atoms with Crippen LogP contribution in [0.25, 0.3) is 0 Å². The molecule has 1 aliphatic heterocycles. The number of carbonyl (C=O) groups is 2. The second-order valence-corrected chi connectivity index (χ2v) is 6.26. The fourth-order valence-corrected chi connectivity index (χ4v) is 2.47. The Labute approximate surface area is 142 Å². The first-order valence-electron chi connectivity index (χ1n) is 8.40. The molecule has 0 aromatic heterocycles. The summed E-state index contributed by atoms with van der Waals surface area (Å²) in [5.41, 5.74) is 1.93. The third kappa shape index (κ3) is 6.29. The van der Waals surface area contributed by atoms with Crippen molar-refractivity contribution in [1.29, 1.82) is 0 Å². The van der Waals surface area contributed by atoms with Crippen LogP contribution in [0.1, 0.15) is 38.2 Å². The Balaban J connectivity index is 1.61. The zero-order valence-corrected chi connectivity index (χ0v) is 14.3. The molecule has 1 saturated heterocycles. The highest BCUT2D eigenvalue weighted by atomic mass is 16.5. The van der Waals surface area contributed by atoms with Crippen molar-refractivity contribution >= 4 is 17.5 Å². The average molecular weight is 334 g/mol. The summed E-state index contributed by atoms with van der Waals surface area (Å²) in [6.07, 6.45) is 2.11. The van der Waals surface area contributed by atoms with Crippen molar-refractivity contribution in [3.63, 3.8) is 0 Å². The monoisotopic (exact) mass is 334 g/mol. The van der Waals surface area contributed by atoms with Gasteiger partial charge in [-0.15, -0.1) is 0 Å². The minimum absolute atomic E-state index is 0.103. The number of benzene rings is 1. The molecule has 0 unspecified atom stereocenters. The minimum atomic E-state index is -0.278. The van der Waals surface area contributed by atoms with E-state index in [1.54, 1.807) is 0 Å². The van der Waals surface area contributed by atoms with Crippen LogP contribution in [0.5, 0.6) is 0 Å². The van der Waals surface area contributed by atoms with Gasteiger partial charge in [0.1, 0.15) is 13.2 Å². The Morgan fingerprint density at radius 3 is 2.54 bits per heavy atom. The first kappa shape index (κ1) is 18.4. The second kappa shape index (κ2) is 9.39. The number of hydrogen-bond acceptors (Lipinski definition) is 4. The van der Waals surface area contributed by atoms with Crippen LogP contribution in [0.2, 0.25) is 0 Å². The summed E-state index contributed by atoms with van der Waals surface area (Å²) in [7, 11) is 0. The molecule has 2 rings (SSSR count). The normalized spacial score (nSPS) is 17.0. The van der Waals surface area contributed by atoms with E-state index in [1.165, 1.54) is 5.56 Å². The van der Waals surface area contributed by atoms with Crippen LogP contribution >= 0.6 is 0 Å². The molecule has 1 aromatic rings. The molecule has 1 aromatic carbocycles. The van der Waals surface area contributed by atoms with Gasteiger partial charge in [0.25, 0.3) is 0 Å². The first-order valence-corrected chi connectivity index (χ1v) is 8.40. The van der Waals surface area contributed by atoms with Crippen molar-refractivity contribution in [2.45, 2.75) is 38.7 Å². The van der Waals surface area contributed by atoms with Gasteiger partial charge in [0.05, 0.1) is 6.10 Å². The quantitative estimate of drug-likeness (QED) is 0.763. The molecule has 0 radical (unpaired) electrons. The molecule has 0 bridgehead atoms. The molecule has 1 atom stereocenters.